The first kappa shape index (κ1) is 13.7. The molecule has 5 heteroatoms. The molecule has 20 heavy (non-hydrogen) atoms. The molecule has 0 saturated heterocycles. The van der Waals surface area contributed by atoms with Crippen LogP contribution in [0.15, 0.2) is 48.5 Å². The Hall–Kier alpha value is -2.69. The molecule has 0 unspecified atom stereocenters. The van der Waals surface area contributed by atoms with Gasteiger partial charge in [0.05, 0.1) is 7.11 Å². The van der Waals surface area contributed by atoms with Gasteiger partial charge < -0.3 is 20.5 Å². The lowest BCUT2D eigenvalue weighted by atomic mass is 10.3. The van der Waals surface area contributed by atoms with E-state index in [0.29, 0.717) is 22.9 Å². The van der Waals surface area contributed by atoms with Gasteiger partial charge in [0, 0.05) is 23.5 Å². The minimum absolute atomic E-state index is 0.0827. The predicted molar refractivity (Wildman–Crippen MR) is 78.0 cm³/mol. The highest BCUT2D eigenvalue weighted by Gasteiger charge is 2.04. The predicted octanol–water partition coefficient (Wildman–Crippen LogP) is 2.29. The molecule has 5 nitrogen and oxygen atoms in total. The Bertz CT molecular complexity index is 599. The Morgan fingerprint density at radius 3 is 2.65 bits per heavy atom. The molecule has 0 aliphatic carbocycles. The third-order valence-electron chi connectivity index (χ3n) is 2.58. The number of rotatable bonds is 5. The molecule has 0 bridgehead atoms. The Morgan fingerprint density at radius 1 is 1.15 bits per heavy atom. The van der Waals surface area contributed by atoms with E-state index in [4.69, 9.17) is 15.2 Å². The molecule has 104 valence electrons. The topological polar surface area (TPSA) is 73.6 Å². The molecule has 2 aromatic rings. The molecule has 0 aliphatic rings. The molecule has 0 spiro atoms. The largest absolute Gasteiger partial charge is 0.497 e. The monoisotopic (exact) mass is 272 g/mol. The van der Waals surface area contributed by atoms with Gasteiger partial charge in [-0.15, -0.1) is 0 Å². The second-order valence-corrected chi connectivity index (χ2v) is 4.14. The van der Waals surface area contributed by atoms with Gasteiger partial charge in [-0.05, 0) is 24.3 Å². The molecule has 0 aliphatic heterocycles. The number of carbonyl (C=O) groups excluding carboxylic acids is 1. The van der Waals surface area contributed by atoms with E-state index in [1.165, 1.54) is 0 Å². The number of nitrogens with one attached hydrogen (secondary N) is 1. The number of ether oxygens (including phenoxy) is 2. The highest BCUT2D eigenvalue weighted by Crippen LogP contribution is 2.17. The summed E-state index contributed by atoms with van der Waals surface area (Å²) < 4.78 is 10.4. The summed E-state index contributed by atoms with van der Waals surface area (Å²) in [5.74, 6) is 0.992. The lowest BCUT2D eigenvalue weighted by Gasteiger charge is -2.08. The average Bonchev–Trinajstić information content (AvgIpc) is 2.45. The van der Waals surface area contributed by atoms with E-state index in [1.807, 2.05) is 0 Å². The Balaban J connectivity index is 1.89. The van der Waals surface area contributed by atoms with Crippen molar-refractivity contribution in [3.05, 3.63) is 48.5 Å². The fraction of sp³-hybridized carbons (Fsp3) is 0.133. The number of nitrogens with two attached hydrogens (primary N) is 1. The van der Waals surface area contributed by atoms with Crippen molar-refractivity contribution in [1.82, 2.24) is 0 Å². The fourth-order valence-corrected chi connectivity index (χ4v) is 1.65. The van der Waals surface area contributed by atoms with Crippen molar-refractivity contribution in [2.75, 3.05) is 24.8 Å². The van der Waals surface area contributed by atoms with E-state index in [-0.39, 0.29) is 12.5 Å². The second kappa shape index (κ2) is 6.47. The number of benzene rings is 2. The number of carbonyl (C=O) groups is 1. The van der Waals surface area contributed by atoms with Crippen LogP contribution in [0.4, 0.5) is 11.4 Å². The van der Waals surface area contributed by atoms with E-state index in [2.05, 4.69) is 5.32 Å². The fourth-order valence-electron chi connectivity index (χ4n) is 1.65. The summed E-state index contributed by atoms with van der Waals surface area (Å²) in [6, 6.07) is 14.0. The van der Waals surface area contributed by atoms with Crippen molar-refractivity contribution < 1.29 is 14.3 Å². The van der Waals surface area contributed by atoms with Crippen LogP contribution in [0.3, 0.4) is 0 Å². The molecular formula is C15H16N2O3. The van der Waals surface area contributed by atoms with Crippen molar-refractivity contribution in [3.8, 4) is 11.5 Å². The SMILES string of the molecule is COc1cccc(NC(=O)COc2cccc(N)c2)c1. The lowest BCUT2D eigenvalue weighted by Crippen LogP contribution is -2.20. The van der Waals surface area contributed by atoms with Crippen LogP contribution in [-0.4, -0.2) is 19.6 Å². The quantitative estimate of drug-likeness (QED) is 0.819. The zero-order chi connectivity index (χ0) is 14.4. The summed E-state index contributed by atoms with van der Waals surface area (Å²) in [6.07, 6.45) is 0. The van der Waals surface area contributed by atoms with Gasteiger partial charge in [-0.3, -0.25) is 4.79 Å². The van der Waals surface area contributed by atoms with Crippen LogP contribution in [0.1, 0.15) is 0 Å². The standard InChI is InChI=1S/C15H16N2O3/c1-19-13-6-3-5-12(9-13)17-15(18)10-20-14-7-2-4-11(16)8-14/h2-9H,10,16H2,1H3,(H,17,18). The normalized spacial score (nSPS) is 9.85. The van der Waals surface area contributed by atoms with Crippen molar-refractivity contribution >= 4 is 17.3 Å². The molecule has 2 rings (SSSR count). The van der Waals surface area contributed by atoms with Gasteiger partial charge in [0.1, 0.15) is 11.5 Å². The molecule has 0 atom stereocenters. The Labute approximate surface area is 117 Å². The van der Waals surface area contributed by atoms with Crippen LogP contribution >= 0.6 is 0 Å². The number of hydrogen-bond acceptors (Lipinski definition) is 4. The molecule has 0 heterocycles. The highest BCUT2D eigenvalue weighted by molar-refractivity contribution is 5.92. The molecule has 0 radical (unpaired) electrons. The third-order valence-corrected chi connectivity index (χ3v) is 2.58. The summed E-state index contributed by atoms with van der Waals surface area (Å²) in [6.45, 7) is -0.0827. The van der Waals surface area contributed by atoms with E-state index >= 15 is 0 Å². The molecule has 3 N–H and O–H groups in total. The number of anilines is 2. The Morgan fingerprint density at radius 2 is 1.90 bits per heavy atom. The van der Waals surface area contributed by atoms with Gasteiger partial charge in [0.25, 0.3) is 5.91 Å². The minimum Gasteiger partial charge on any atom is -0.497 e. The van der Waals surface area contributed by atoms with Crippen LogP contribution in [0.25, 0.3) is 0 Å². The third kappa shape index (κ3) is 3.91. The summed E-state index contributed by atoms with van der Waals surface area (Å²) in [5.41, 5.74) is 6.88. The van der Waals surface area contributed by atoms with Crippen LogP contribution in [0, 0.1) is 0 Å². The van der Waals surface area contributed by atoms with Crippen LogP contribution < -0.4 is 20.5 Å². The second-order valence-electron chi connectivity index (χ2n) is 4.14. The maximum absolute atomic E-state index is 11.8. The number of amides is 1. The maximum atomic E-state index is 11.8. The van der Waals surface area contributed by atoms with Crippen LogP contribution in [0.5, 0.6) is 11.5 Å². The van der Waals surface area contributed by atoms with Crippen LogP contribution in [0.2, 0.25) is 0 Å². The van der Waals surface area contributed by atoms with Crippen molar-refractivity contribution in [2.45, 2.75) is 0 Å². The van der Waals surface area contributed by atoms with Gasteiger partial charge in [0.15, 0.2) is 6.61 Å². The smallest absolute Gasteiger partial charge is 0.262 e. The first-order chi connectivity index (χ1) is 9.67. The lowest BCUT2D eigenvalue weighted by molar-refractivity contribution is -0.118. The molecular weight excluding hydrogens is 256 g/mol. The van der Waals surface area contributed by atoms with Crippen molar-refractivity contribution in [2.24, 2.45) is 0 Å². The van der Waals surface area contributed by atoms with Crippen molar-refractivity contribution in [3.63, 3.8) is 0 Å². The van der Waals surface area contributed by atoms with Gasteiger partial charge in [0.2, 0.25) is 0 Å². The van der Waals surface area contributed by atoms with Gasteiger partial charge in [-0.25, -0.2) is 0 Å². The van der Waals surface area contributed by atoms with Gasteiger partial charge in [-0.1, -0.05) is 12.1 Å². The molecule has 0 saturated carbocycles. The zero-order valence-electron chi connectivity index (χ0n) is 11.1. The number of nitrogen functional groups attached to an aromatic ring is 1. The summed E-state index contributed by atoms with van der Waals surface area (Å²) in [4.78, 5) is 11.8. The molecule has 2 aromatic carbocycles. The van der Waals surface area contributed by atoms with E-state index < -0.39 is 0 Å². The summed E-state index contributed by atoms with van der Waals surface area (Å²) >= 11 is 0. The Kier molecular flexibility index (Phi) is 4.44. The summed E-state index contributed by atoms with van der Waals surface area (Å²) in [5, 5.41) is 2.73. The number of hydrogen-bond donors (Lipinski definition) is 2. The van der Waals surface area contributed by atoms with E-state index in [1.54, 1.807) is 55.6 Å². The zero-order valence-corrected chi connectivity index (χ0v) is 11.1. The van der Waals surface area contributed by atoms with Gasteiger partial charge in [-0.2, -0.15) is 0 Å². The van der Waals surface area contributed by atoms with Gasteiger partial charge >= 0.3 is 0 Å². The van der Waals surface area contributed by atoms with E-state index in [9.17, 15) is 4.79 Å². The first-order valence-electron chi connectivity index (χ1n) is 6.09. The van der Waals surface area contributed by atoms with E-state index in [0.717, 1.165) is 0 Å². The first-order valence-corrected chi connectivity index (χ1v) is 6.09. The van der Waals surface area contributed by atoms with Crippen LogP contribution in [-0.2, 0) is 4.79 Å². The molecule has 0 fully saturated rings. The molecule has 1 amide bonds. The number of methoxy groups -OCH3 is 1. The highest BCUT2D eigenvalue weighted by atomic mass is 16.5. The minimum atomic E-state index is -0.249. The molecule has 0 aromatic heterocycles. The summed E-state index contributed by atoms with van der Waals surface area (Å²) in [7, 11) is 1.57. The van der Waals surface area contributed by atoms with Crippen molar-refractivity contribution in [1.29, 1.82) is 0 Å². The maximum Gasteiger partial charge on any atom is 0.262 e. The average molecular weight is 272 g/mol.